The maximum absolute atomic E-state index is 11.1. The third-order valence-electron chi connectivity index (χ3n) is 4.72. The fourth-order valence-electron chi connectivity index (χ4n) is 3.11. The molecule has 0 saturated heterocycles. The Bertz CT molecular complexity index is 568. The van der Waals surface area contributed by atoms with Crippen LogP contribution in [0.3, 0.4) is 0 Å². The first kappa shape index (κ1) is 23.0. The van der Waals surface area contributed by atoms with Gasteiger partial charge in [0.25, 0.3) is 0 Å². The molecule has 0 fully saturated rings. The molecule has 1 rings (SSSR count). The smallest absolute Gasteiger partial charge is 0.336 e. The first-order chi connectivity index (χ1) is 13.1. The molecule has 1 aromatic rings. The highest BCUT2D eigenvalue weighted by Crippen LogP contribution is 2.19. The zero-order valence-corrected chi connectivity index (χ0v) is 16.5. The molecule has 0 atom stereocenters. The third kappa shape index (κ3) is 10.0. The minimum absolute atomic E-state index is 0.222. The molecule has 0 amide bonds. The van der Waals surface area contributed by atoms with Crippen LogP contribution in [0.5, 0.6) is 5.75 Å². The van der Waals surface area contributed by atoms with Crippen molar-refractivity contribution < 1.29 is 24.5 Å². The van der Waals surface area contributed by atoms with E-state index in [2.05, 4.69) is 6.92 Å². The van der Waals surface area contributed by atoms with Crippen LogP contribution in [-0.4, -0.2) is 28.8 Å². The van der Waals surface area contributed by atoms with Crippen molar-refractivity contribution in [1.82, 2.24) is 0 Å². The predicted octanol–water partition coefficient (Wildman–Crippen LogP) is 6.16. The molecule has 0 aliphatic heterocycles. The van der Waals surface area contributed by atoms with E-state index >= 15 is 0 Å². The van der Waals surface area contributed by atoms with Crippen molar-refractivity contribution >= 4 is 11.9 Å². The molecular formula is C22H34O5. The van der Waals surface area contributed by atoms with E-state index in [1.165, 1.54) is 82.4 Å². The Morgan fingerprint density at radius 1 is 0.741 bits per heavy atom. The fourth-order valence-corrected chi connectivity index (χ4v) is 3.11. The Morgan fingerprint density at radius 2 is 1.22 bits per heavy atom. The highest BCUT2D eigenvalue weighted by Gasteiger charge is 2.16. The van der Waals surface area contributed by atoms with Gasteiger partial charge in [0.2, 0.25) is 0 Å². The summed E-state index contributed by atoms with van der Waals surface area (Å²) >= 11 is 0. The van der Waals surface area contributed by atoms with Crippen LogP contribution in [-0.2, 0) is 0 Å². The maximum Gasteiger partial charge on any atom is 0.336 e. The normalized spacial score (nSPS) is 10.7. The summed E-state index contributed by atoms with van der Waals surface area (Å²) in [6, 6.07) is 4.08. The van der Waals surface area contributed by atoms with Crippen molar-refractivity contribution in [3.05, 3.63) is 29.3 Å². The monoisotopic (exact) mass is 378 g/mol. The van der Waals surface area contributed by atoms with E-state index in [9.17, 15) is 9.59 Å². The van der Waals surface area contributed by atoms with Crippen LogP contribution in [0.2, 0.25) is 0 Å². The first-order valence-corrected chi connectivity index (χ1v) is 10.3. The standard InChI is InChI=1S/C22H34O5/c1-2-3-4-5-6-7-8-9-10-11-12-13-16-27-18-14-15-19(21(23)24)20(17-18)22(25)26/h14-15,17H,2-13,16H2,1H3,(H,23,24)(H,25,26). The highest BCUT2D eigenvalue weighted by atomic mass is 16.5. The number of ether oxygens (including phenoxy) is 1. The Balaban J connectivity index is 2.09. The van der Waals surface area contributed by atoms with Gasteiger partial charge in [0.1, 0.15) is 5.75 Å². The Morgan fingerprint density at radius 3 is 1.70 bits per heavy atom. The second-order valence-corrected chi connectivity index (χ2v) is 7.06. The zero-order chi connectivity index (χ0) is 19.9. The van der Waals surface area contributed by atoms with Crippen molar-refractivity contribution in [1.29, 1.82) is 0 Å². The number of carboxylic acids is 2. The minimum Gasteiger partial charge on any atom is -0.494 e. The quantitative estimate of drug-likeness (QED) is 0.336. The van der Waals surface area contributed by atoms with Crippen molar-refractivity contribution in [2.75, 3.05) is 6.61 Å². The second kappa shape index (κ2) is 14.1. The second-order valence-electron chi connectivity index (χ2n) is 7.06. The average Bonchev–Trinajstić information content (AvgIpc) is 2.65. The van der Waals surface area contributed by atoms with Crippen molar-refractivity contribution in [3.63, 3.8) is 0 Å². The molecule has 2 N–H and O–H groups in total. The molecule has 0 unspecified atom stereocenters. The van der Waals surface area contributed by atoms with E-state index in [1.807, 2.05) is 0 Å². The molecule has 0 spiro atoms. The van der Waals surface area contributed by atoms with Gasteiger partial charge in [-0.25, -0.2) is 9.59 Å². The van der Waals surface area contributed by atoms with E-state index < -0.39 is 11.9 Å². The lowest BCUT2D eigenvalue weighted by Crippen LogP contribution is -2.08. The van der Waals surface area contributed by atoms with Gasteiger partial charge in [-0.1, -0.05) is 77.6 Å². The minimum atomic E-state index is -1.26. The largest absolute Gasteiger partial charge is 0.494 e. The summed E-state index contributed by atoms with van der Waals surface area (Å²) in [5, 5.41) is 18.1. The lowest BCUT2D eigenvalue weighted by Gasteiger charge is -2.08. The van der Waals surface area contributed by atoms with Crippen LogP contribution < -0.4 is 4.74 Å². The molecule has 0 bridgehead atoms. The van der Waals surface area contributed by atoms with Gasteiger partial charge in [0.05, 0.1) is 17.7 Å². The predicted molar refractivity (Wildman–Crippen MR) is 107 cm³/mol. The number of benzene rings is 1. The molecular weight excluding hydrogens is 344 g/mol. The summed E-state index contributed by atoms with van der Waals surface area (Å²) < 4.78 is 5.57. The number of hydrogen-bond donors (Lipinski definition) is 2. The van der Waals surface area contributed by atoms with Gasteiger partial charge < -0.3 is 14.9 Å². The van der Waals surface area contributed by atoms with Gasteiger partial charge in [0, 0.05) is 0 Å². The van der Waals surface area contributed by atoms with Gasteiger partial charge in [-0.3, -0.25) is 0 Å². The van der Waals surface area contributed by atoms with E-state index in [4.69, 9.17) is 14.9 Å². The Labute approximate surface area is 162 Å². The molecule has 0 radical (unpaired) electrons. The summed E-state index contributed by atoms with van der Waals surface area (Å²) in [6.45, 7) is 2.76. The molecule has 0 aliphatic rings. The van der Waals surface area contributed by atoms with Gasteiger partial charge in [-0.2, -0.15) is 0 Å². The van der Waals surface area contributed by atoms with Crippen LogP contribution in [0, 0.1) is 0 Å². The van der Waals surface area contributed by atoms with E-state index in [1.54, 1.807) is 0 Å². The molecule has 5 nitrogen and oxygen atoms in total. The molecule has 0 saturated carbocycles. The van der Waals surface area contributed by atoms with E-state index in [0.717, 1.165) is 12.8 Å². The number of carbonyl (C=O) groups is 2. The van der Waals surface area contributed by atoms with Crippen molar-refractivity contribution in [2.45, 2.75) is 84.0 Å². The van der Waals surface area contributed by atoms with E-state index in [0.29, 0.717) is 12.4 Å². The summed E-state index contributed by atoms with van der Waals surface area (Å²) in [7, 11) is 0. The lowest BCUT2D eigenvalue weighted by molar-refractivity contribution is 0.0651. The van der Waals surface area contributed by atoms with Gasteiger partial charge in [-0.15, -0.1) is 0 Å². The molecule has 0 heterocycles. The van der Waals surface area contributed by atoms with Crippen molar-refractivity contribution in [3.8, 4) is 5.75 Å². The number of aromatic carboxylic acids is 2. The molecule has 0 aliphatic carbocycles. The van der Waals surface area contributed by atoms with Crippen LogP contribution >= 0.6 is 0 Å². The van der Waals surface area contributed by atoms with Crippen LogP contribution in [0.1, 0.15) is 105 Å². The number of hydrogen-bond acceptors (Lipinski definition) is 3. The third-order valence-corrected chi connectivity index (χ3v) is 4.72. The summed E-state index contributed by atoms with van der Waals surface area (Å²) in [4.78, 5) is 22.2. The summed E-state index contributed by atoms with van der Waals surface area (Å²) in [5.41, 5.74) is -0.463. The molecule has 152 valence electrons. The van der Waals surface area contributed by atoms with E-state index in [-0.39, 0.29) is 11.1 Å². The zero-order valence-electron chi connectivity index (χ0n) is 16.5. The van der Waals surface area contributed by atoms with Gasteiger partial charge in [-0.05, 0) is 24.6 Å². The molecule has 5 heteroatoms. The van der Waals surface area contributed by atoms with Crippen LogP contribution in [0.15, 0.2) is 18.2 Å². The molecule has 1 aromatic carbocycles. The molecule has 0 aromatic heterocycles. The Kier molecular flexibility index (Phi) is 12.0. The highest BCUT2D eigenvalue weighted by molar-refractivity contribution is 6.01. The number of rotatable bonds is 16. The Hall–Kier alpha value is -2.04. The maximum atomic E-state index is 11.1. The molecule has 27 heavy (non-hydrogen) atoms. The van der Waals surface area contributed by atoms with Gasteiger partial charge >= 0.3 is 11.9 Å². The SMILES string of the molecule is CCCCCCCCCCCCCCOc1ccc(C(=O)O)c(C(=O)O)c1. The fraction of sp³-hybridized carbons (Fsp3) is 0.636. The average molecular weight is 379 g/mol. The topological polar surface area (TPSA) is 83.8 Å². The van der Waals surface area contributed by atoms with Gasteiger partial charge in [0.15, 0.2) is 0 Å². The van der Waals surface area contributed by atoms with Crippen molar-refractivity contribution in [2.24, 2.45) is 0 Å². The first-order valence-electron chi connectivity index (χ1n) is 10.3. The van der Waals surface area contributed by atoms with Crippen LogP contribution in [0.25, 0.3) is 0 Å². The number of unbranched alkanes of at least 4 members (excludes halogenated alkanes) is 11. The summed E-state index contributed by atoms with van der Waals surface area (Å²) in [5.74, 6) is -2.11. The summed E-state index contributed by atoms with van der Waals surface area (Å²) in [6.07, 6.45) is 15.2. The van der Waals surface area contributed by atoms with Crippen LogP contribution in [0.4, 0.5) is 0 Å². The number of carboxylic acid groups (broad SMARTS) is 2. The lowest BCUT2D eigenvalue weighted by atomic mass is 10.1.